The van der Waals surface area contributed by atoms with E-state index >= 15 is 0 Å². The highest BCUT2D eigenvalue weighted by Gasteiger charge is 2.28. The molecule has 1 atom stereocenters. The molecule has 0 saturated carbocycles. The van der Waals surface area contributed by atoms with Gasteiger partial charge in [-0.3, -0.25) is 0 Å². The second-order valence-electron chi connectivity index (χ2n) is 6.90. The summed E-state index contributed by atoms with van der Waals surface area (Å²) in [6.07, 6.45) is 1.97. The first-order valence-corrected chi connectivity index (χ1v) is 9.10. The van der Waals surface area contributed by atoms with Gasteiger partial charge in [0.05, 0.1) is 12.0 Å². The maximum Gasteiger partial charge on any atom is 0.317 e. The smallest absolute Gasteiger partial charge is 0.317 e. The summed E-state index contributed by atoms with van der Waals surface area (Å²) < 4.78 is 11.1. The van der Waals surface area contributed by atoms with Gasteiger partial charge in [0.2, 0.25) is 5.89 Å². The van der Waals surface area contributed by atoms with Gasteiger partial charge in [0.15, 0.2) is 5.82 Å². The quantitative estimate of drug-likeness (QED) is 0.887. The van der Waals surface area contributed by atoms with Crippen LogP contribution in [0.15, 0.2) is 28.8 Å². The predicted octanol–water partition coefficient (Wildman–Crippen LogP) is 3.25. The maximum atomic E-state index is 12.6. The normalized spacial score (nSPS) is 17.4. The van der Waals surface area contributed by atoms with Gasteiger partial charge < -0.3 is 19.5 Å². The fraction of sp³-hybridized carbons (Fsp3) is 0.526. The lowest BCUT2D eigenvalue weighted by atomic mass is 9.98. The summed E-state index contributed by atoms with van der Waals surface area (Å²) >= 11 is 0. The second-order valence-corrected chi connectivity index (χ2v) is 6.90. The molecule has 2 amide bonds. The maximum absolute atomic E-state index is 12.6. The van der Waals surface area contributed by atoms with Gasteiger partial charge in [-0.05, 0) is 39.7 Å². The molecule has 1 unspecified atom stereocenters. The number of amides is 2. The fourth-order valence-corrected chi connectivity index (χ4v) is 3.14. The first kappa shape index (κ1) is 18.2. The zero-order chi connectivity index (χ0) is 18.5. The van der Waals surface area contributed by atoms with Crippen molar-refractivity contribution >= 4 is 6.03 Å². The van der Waals surface area contributed by atoms with Gasteiger partial charge in [0.1, 0.15) is 5.75 Å². The first-order chi connectivity index (χ1) is 12.5. The number of carbonyl (C=O) groups is 1. The number of benzene rings is 1. The largest absolute Gasteiger partial charge is 0.491 e. The van der Waals surface area contributed by atoms with Crippen molar-refractivity contribution in [2.24, 2.45) is 0 Å². The molecular weight excluding hydrogens is 332 g/mol. The molecule has 3 rings (SSSR count). The summed E-state index contributed by atoms with van der Waals surface area (Å²) in [6, 6.07) is 7.70. The van der Waals surface area contributed by atoms with Crippen molar-refractivity contribution in [3.8, 4) is 5.75 Å². The number of nitrogens with one attached hydrogen (secondary N) is 1. The van der Waals surface area contributed by atoms with E-state index < -0.39 is 0 Å². The van der Waals surface area contributed by atoms with Crippen molar-refractivity contribution < 1.29 is 14.1 Å². The number of aromatic nitrogens is 2. The SMILES string of the molecule is Cc1noc(C2CCCN(C(=O)NCc3ccccc3OC(C)C)C2)n1. The standard InChI is InChI=1S/C19H26N4O3/c1-13(2)25-17-9-5-4-7-15(17)11-20-19(24)23-10-6-8-16(12-23)18-21-14(3)22-26-18/h4-5,7,9,13,16H,6,8,10-12H2,1-3H3,(H,20,24). The molecule has 1 aliphatic heterocycles. The van der Waals surface area contributed by atoms with Gasteiger partial charge in [0, 0.05) is 25.2 Å². The molecule has 1 aliphatic rings. The number of para-hydroxylation sites is 1. The Hall–Kier alpha value is -2.57. The molecule has 7 heteroatoms. The highest BCUT2D eigenvalue weighted by molar-refractivity contribution is 5.74. The Morgan fingerprint density at radius 2 is 2.23 bits per heavy atom. The molecule has 1 saturated heterocycles. The topological polar surface area (TPSA) is 80.5 Å². The van der Waals surface area contributed by atoms with Crippen LogP contribution in [0.2, 0.25) is 0 Å². The molecule has 0 spiro atoms. The Balaban J connectivity index is 1.58. The number of nitrogens with zero attached hydrogens (tertiary/aromatic N) is 3. The Morgan fingerprint density at radius 3 is 2.96 bits per heavy atom. The molecule has 140 valence electrons. The highest BCUT2D eigenvalue weighted by Crippen LogP contribution is 2.26. The molecule has 2 aromatic rings. The van der Waals surface area contributed by atoms with E-state index in [0.29, 0.717) is 24.8 Å². The van der Waals surface area contributed by atoms with E-state index in [4.69, 9.17) is 9.26 Å². The zero-order valence-electron chi connectivity index (χ0n) is 15.6. The van der Waals surface area contributed by atoms with Crippen molar-refractivity contribution in [1.82, 2.24) is 20.4 Å². The van der Waals surface area contributed by atoms with Crippen molar-refractivity contribution in [3.05, 3.63) is 41.5 Å². The number of aryl methyl sites for hydroxylation is 1. The summed E-state index contributed by atoms with van der Waals surface area (Å²) in [5.41, 5.74) is 0.968. The van der Waals surface area contributed by atoms with Crippen LogP contribution in [-0.2, 0) is 6.54 Å². The molecule has 26 heavy (non-hydrogen) atoms. The van der Waals surface area contributed by atoms with E-state index in [-0.39, 0.29) is 18.1 Å². The van der Waals surface area contributed by atoms with E-state index in [1.807, 2.05) is 43.0 Å². The van der Waals surface area contributed by atoms with Crippen LogP contribution in [0.3, 0.4) is 0 Å². The molecule has 0 bridgehead atoms. The summed E-state index contributed by atoms with van der Waals surface area (Å²) in [6.45, 7) is 7.54. The van der Waals surface area contributed by atoms with Gasteiger partial charge in [-0.15, -0.1) is 0 Å². The summed E-state index contributed by atoms with van der Waals surface area (Å²) in [5, 5.41) is 6.85. The summed E-state index contributed by atoms with van der Waals surface area (Å²) in [4.78, 5) is 18.7. The van der Waals surface area contributed by atoms with Crippen molar-refractivity contribution in [3.63, 3.8) is 0 Å². The highest BCUT2D eigenvalue weighted by atomic mass is 16.5. The molecule has 1 aromatic carbocycles. The van der Waals surface area contributed by atoms with Crippen LogP contribution in [-0.4, -0.2) is 40.3 Å². The monoisotopic (exact) mass is 358 g/mol. The number of hydrogen-bond donors (Lipinski definition) is 1. The van der Waals surface area contributed by atoms with E-state index in [1.54, 1.807) is 6.92 Å². The molecule has 0 radical (unpaired) electrons. The van der Waals surface area contributed by atoms with Crippen molar-refractivity contribution in [1.29, 1.82) is 0 Å². The summed E-state index contributed by atoms with van der Waals surface area (Å²) in [7, 11) is 0. The molecule has 1 fully saturated rings. The third-order valence-electron chi connectivity index (χ3n) is 4.37. The average Bonchev–Trinajstić information content (AvgIpc) is 3.07. The number of likely N-dealkylation sites (tertiary alicyclic amines) is 1. The second kappa shape index (κ2) is 8.21. The Kier molecular flexibility index (Phi) is 5.75. The Bertz CT molecular complexity index is 744. The van der Waals surface area contributed by atoms with Crippen LogP contribution in [0.25, 0.3) is 0 Å². The minimum atomic E-state index is -0.0784. The van der Waals surface area contributed by atoms with Crippen LogP contribution in [0, 0.1) is 6.92 Å². The van der Waals surface area contributed by atoms with E-state index in [9.17, 15) is 4.79 Å². The van der Waals surface area contributed by atoms with Crippen molar-refractivity contribution in [2.45, 2.75) is 52.2 Å². The average molecular weight is 358 g/mol. The third-order valence-corrected chi connectivity index (χ3v) is 4.37. The number of ether oxygens (including phenoxy) is 1. The van der Waals surface area contributed by atoms with E-state index in [2.05, 4.69) is 15.5 Å². The lowest BCUT2D eigenvalue weighted by molar-refractivity contribution is 0.171. The van der Waals surface area contributed by atoms with Gasteiger partial charge in [0.25, 0.3) is 0 Å². The zero-order valence-corrected chi connectivity index (χ0v) is 15.6. The van der Waals surface area contributed by atoms with E-state index in [1.165, 1.54) is 0 Å². The lowest BCUT2D eigenvalue weighted by Gasteiger charge is -2.31. The van der Waals surface area contributed by atoms with Gasteiger partial charge in [-0.25, -0.2) is 4.79 Å². The molecule has 0 aliphatic carbocycles. The number of urea groups is 1. The lowest BCUT2D eigenvalue weighted by Crippen LogP contribution is -2.44. The summed E-state index contributed by atoms with van der Waals surface area (Å²) in [5.74, 6) is 2.16. The molecule has 1 N–H and O–H groups in total. The number of hydrogen-bond acceptors (Lipinski definition) is 5. The van der Waals surface area contributed by atoms with Gasteiger partial charge in [-0.2, -0.15) is 4.98 Å². The van der Waals surface area contributed by atoms with Gasteiger partial charge >= 0.3 is 6.03 Å². The molecular formula is C19H26N4O3. The minimum absolute atomic E-state index is 0.0784. The van der Waals surface area contributed by atoms with Crippen LogP contribution in [0.1, 0.15) is 49.9 Å². The van der Waals surface area contributed by atoms with Crippen LogP contribution < -0.4 is 10.1 Å². The Labute approximate surface area is 153 Å². The number of rotatable bonds is 5. The number of piperidine rings is 1. The third kappa shape index (κ3) is 4.53. The van der Waals surface area contributed by atoms with Crippen molar-refractivity contribution in [2.75, 3.05) is 13.1 Å². The van der Waals surface area contributed by atoms with E-state index in [0.717, 1.165) is 30.7 Å². The van der Waals surface area contributed by atoms with Crippen LogP contribution >= 0.6 is 0 Å². The van der Waals surface area contributed by atoms with Gasteiger partial charge in [-0.1, -0.05) is 23.4 Å². The Morgan fingerprint density at radius 1 is 1.42 bits per heavy atom. The number of carbonyl (C=O) groups excluding carboxylic acids is 1. The molecule has 2 heterocycles. The van der Waals surface area contributed by atoms with Crippen LogP contribution in [0.4, 0.5) is 4.79 Å². The molecule has 7 nitrogen and oxygen atoms in total. The minimum Gasteiger partial charge on any atom is -0.491 e. The van der Waals surface area contributed by atoms with Crippen LogP contribution in [0.5, 0.6) is 5.75 Å². The first-order valence-electron chi connectivity index (χ1n) is 9.10. The predicted molar refractivity (Wildman–Crippen MR) is 97.0 cm³/mol. The fourth-order valence-electron chi connectivity index (χ4n) is 3.14. The molecule has 1 aromatic heterocycles.